The van der Waals surface area contributed by atoms with E-state index in [0.717, 1.165) is 31.9 Å². The van der Waals surface area contributed by atoms with Gasteiger partial charge in [-0.2, -0.15) is 0 Å². The monoisotopic (exact) mass is 310 g/mol. The molecule has 23 heavy (non-hydrogen) atoms. The van der Waals surface area contributed by atoms with Crippen LogP contribution in [0, 0.1) is 6.92 Å². The Bertz CT molecular complexity index is 618. The number of rotatable bonds is 5. The molecule has 0 spiro atoms. The van der Waals surface area contributed by atoms with Crippen LogP contribution in [-0.2, 0) is 0 Å². The Morgan fingerprint density at radius 1 is 1.04 bits per heavy atom. The maximum Gasteiger partial charge on any atom is 0.124 e. The number of nitrogens with zero attached hydrogens (tertiary/aromatic N) is 1. The van der Waals surface area contributed by atoms with Gasteiger partial charge in [-0.15, -0.1) is 0 Å². The van der Waals surface area contributed by atoms with Gasteiger partial charge in [0.1, 0.15) is 5.75 Å². The van der Waals surface area contributed by atoms with Crippen LogP contribution in [0.2, 0.25) is 0 Å². The molecular weight excluding hydrogens is 284 g/mol. The predicted octanol–water partition coefficient (Wildman–Crippen LogP) is 3.39. The molecule has 0 saturated carbocycles. The van der Waals surface area contributed by atoms with Gasteiger partial charge in [-0.25, -0.2) is 0 Å². The molecule has 2 aromatic carbocycles. The standard InChI is InChI=1S/C20H26N2O/c1-3-23-19-7-5-4-6-18(19)20(22-14-12-21-13-15-22)17-10-8-16(2)9-11-17/h4-11,20-21H,3,12-15H2,1-2H3. The van der Waals surface area contributed by atoms with E-state index >= 15 is 0 Å². The summed E-state index contributed by atoms with van der Waals surface area (Å²) in [6, 6.07) is 17.6. The smallest absolute Gasteiger partial charge is 0.124 e. The molecular formula is C20H26N2O. The average Bonchev–Trinajstić information content (AvgIpc) is 2.60. The molecule has 1 atom stereocenters. The lowest BCUT2D eigenvalue weighted by Gasteiger charge is -2.36. The second kappa shape index (κ2) is 7.62. The van der Waals surface area contributed by atoms with Crippen LogP contribution >= 0.6 is 0 Å². The molecule has 1 fully saturated rings. The Labute approximate surface area is 139 Å². The number of nitrogens with one attached hydrogen (secondary N) is 1. The molecule has 1 unspecified atom stereocenters. The largest absolute Gasteiger partial charge is 0.494 e. The van der Waals surface area contributed by atoms with Gasteiger partial charge in [-0.1, -0.05) is 48.0 Å². The van der Waals surface area contributed by atoms with Crippen molar-refractivity contribution in [3.05, 3.63) is 65.2 Å². The molecule has 1 N–H and O–H groups in total. The van der Waals surface area contributed by atoms with Gasteiger partial charge in [-0.3, -0.25) is 4.90 Å². The second-order valence-electron chi connectivity index (χ2n) is 6.07. The highest BCUT2D eigenvalue weighted by Gasteiger charge is 2.26. The van der Waals surface area contributed by atoms with Crippen LogP contribution in [-0.4, -0.2) is 37.7 Å². The van der Waals surface area contributed by atoms with Crippen LogP contribution in [0.1, 0.15) is 29.7 Å². The minimum Gasteiger partial charge on any atom is -0.494 e. The molecule has 0 amide bonds. The fourth-order valence-corrected chi connectivity index (χ4v) is 3.27. The Balaban J connectivity index is 2.02. The van der Waals surface area contributed by atoms with Crippen molar-refractivity contribution in [2.45, 2.75) is 19.9 Å². The fourth-order valence-electron chi connectivity index (χ4n) is 3.27. The van der Waals surface area contributed by atoms with Crippen molar-refractivity contribution in [1.29, 1.82) is 0 Å². The first kappa shape index (κ1) is 16.0. The number of ether oxygens (including phenoxy) is 1. The Morgan fingerprint density at radius 2 is 1.74 bits per heavy atom. The van der Waals surface area contributed by atoms with Gasteiger partial charge in [-0.05, 0) is 25.5 Å². The van der Waals surface area contributed by atoms with Gasteiger partial charge in [0.2, 0.25) is 0 Å². The van der Waals surface area contributed by atoms with Crippen molar-refractivity contribution in [2.24, 2.45) is 0 Å². The van der Waals surface area contributed by atoms with Crippen molar-refractivity contribution < 1.29 is 4.74 Å². The maximum atomic E-state index is 5.91. The van der Waals surface area contributed by atoms with E-state index in [2.05, 4.69) is 65.7 Å². The number of piperazine rings is 1. The van der Waals surface area contributed by atoms with Crippen LogP contribution in [0.3, 0.4) is 0 Å². The molecule has 0 aromatic heterocycles. The maximum absolute atomic E-state index is 5.91. The molecule has 2 aromatic rings. The van der Waals surface area contributed by atoms with Gasteiger partial charge in [0.15, 0.2) is 0 Å². The van der Waals surface area contributed by atoms with Gasteiger partial charge >= 0.3 is 0 Å². The van der Waals surface area contributed by atoms with Gasteiger partial charge in [0.05, 0.1) is 12.6 Å². The topological polar surface area (TPSA) is 24.5 Å². The molecule has 3 rings (SSSR count). The second-order valence-corrected chi connectivity index (χ2v) is 6.07. The Morgan fingerprint density at radius 3 is 2.43 bits per heavy atom. The summed E-state index contributed by atoms with van der Waals surface area (Å²) in [4.78, 5) is 2.55. The molecule has 1 aliphatic rings. The number of benzene rings is 2. The summed E-state index contributed by atoms with van der Waals surface area (Å²) >= 11 is 0. The van der Waals surface area contributed by atoms with E-state index in [9.17, 15) is 0 Å². The Hall–Kier alpha value is -1.84. The van der Waals surface area contributed by atoms with Crippen molar-refractivity contribution in [2.75, 3.05) is 32.8 Å². The first-order chi connectivity index (χ1) is 11.3. The predicted molar refractivity (Wildman–Crippen MR) is 95.1 cm³/mol. The van der Waals surface area contributed by atoms with E-state index in [1.165, 1.54) is 16.7 Å². The molecule has 1 saturated heterocycles. The third-order valence-electron chi connectivity index (χ3n) is 4.42. The minimum atomic E-state index is 0.250. The molecule has 1 heterocycles. The minimum absolute atomic E-state index is 0.250. The summed E-state index contributed by atoms with van der Waals surface area (Å²) in [5.41, 5.74) is 3.90. The summed E-state index contributed by atoms with van der Waals surface area (Å²) < 4.78 is 5.91. The number of aryl methyl sites for hydroxylation is 1. The van der Waals surface area contributed by atoms with Crippen LogP contribution in [0.4, 0.5) is 0 Å². The van der Waals surface area contributed by atoms with E-state index in [4.69, 9.17) is 4.74 Å². The zero-order chi connectivity index (χ0) is 16.1. The lowest BCUT2D eigenvalue weighted by atomic mass is 9.95. The molecule has 122 valence electrons. The molecule has 0 radical (unpaired) electrons. The first-order valence-corrected chi connectivity index (χ1v) is 8.52. The van der Waals surface area contributed by atoms with Crippen molar-refractivity contribution in [1.82, 2.24) is 10.2 Å². The lowest BCUT2D eigenvalue weighted by molar-refractivity contribution is 0.194. The summed E-state index contributed by atoms with van der Waals surface area (Å²) in [6.45, 7) is 9.07. The fraction of sp³-hybridized carbons (Fsp3) is 0.400. The highest BCUT2D eigenvalue weighted by atomic mass is 16.5. The zero-order valence-electron chi connectivity index (χ0n) is 14.1. The van der Waals surface area contributed by atoms with Crippen LogP contribution < -0.4 is 10.1 Å². The lowest BCUT2D eigenvalue weighted by Crippen LogP contribution is -2.45. The molecule has 3 heteroatoms. The van der Waals surface area contributed by atoms with Crippen molar-refractivity contribution in [3.8, 4) is 5.75 Å². The van der Waals surface area contributed by atoms with E-state index < -0.39 is 0 Å². The van der Waals surface area contributed by atoms with Gasteiger partial charge in [0.25, 0.3) is 0 Å². The van der Waals surface area contributed by atoms with Gasteiger partial charge in [0, 0.05) is 31.7 Å². The number of hydrogen-bond acceptors (Lipinski definition) is 3. The third-order valence-corrected chi connectivity index (χ3v) is 4.42. The summed E-state index contributed by atoms with van der Waals surface area (Å²) in [6.07, 6.45) is 0. The van der Waals surface area contributed by atoms with Gasteiger partial charge < -0.3 is 10.1 Å². The van der Waals surface area contributed by atoms with Crippen molar-refractivity contribution >= 4 is 0 Å². The SMILES string of the molecule is CCOc1ccccc1C(c1ccc(C)cc1)N1CCNCC1. The first-order valence-electron chi connectivity index (χ1n) is 8.52. The van der Waals surface area contributed by atoms with E-state index in [-0.39, 0.29) is 6.04 Å². The van der Waals surface area contributed by atoms with Crippen LogP contribution in [0.25, 0.3) is 0 Å². The number of hydrogen-bond donors (Lipinski definition) is 1. The summed E-state index contributed by atoms with van der Waals surface area (Å²) in [5, 5.41) is 3.45. The molecule has 1 aliphatic heterocycles. The van der Waals surface area contributed by atoms with E-state index in [1.807, 2.05) is 6.92 Å². The van der Waals surface area contributed by atoms with Crippen LogP contribution in [0.15, 0.2) is 48.5 Å². The normalized spacial score (nSPS) is 17.0. The summed E-state index contributed by atoms with van der Waals surface area (Å²) in [5.74, 6) is 0.999. The van der Waals surface area contributed by atoms with Crippen LogP contribution in [0.5, 0.6) is 5.75 Å². The Kier molecular flexibility index (Phi) is 5.31. The average molecular weight is 310 g/mol. The van der Waals surface area contributed by atoms with E-state index in [0.29, 0.717) is 6.61 Å². The summed E-state index contributed by atoms with van der Waals surface area (Å²) in [7, 11) is 0. The third kappa shape index (κ3) is 3.74. The zero-order valence-corrected chi connectivity index (χ0v) is 14.1. The highest BCUT2D eigenvalue weighted by molar-refractivity contribution is 5.42. The molecule has 0 aliphatic carbocycles. The van der Waals surface area contributed by atoms with Crippen molar-refractivity contribution in [3.63, 3.8) is 0 Å². The van der Waals surface area contributed by atoms with E-state index in [1.54, 1.807) is 0 Å². The quantitative estimate of drug-likeness (QED) is 0.916. The highest BCUT2D eigenvalue weighted by Crippen LogP contribution is 2.35. The number of para-hydroxylation sites is 1. The molecule has 0 bridgehead atoms. The molecule has 3 nitrogen and oxygen atoms in total.